The van der Waals surface area contributed by atoms with Gasteiger partial charge in [0.05, 0.1) is 11.0 Å². The highest BCUT2D eigenvalue weighted by Crippen LogP contribution is 2.17. The summed E-state index contributed by atoms with van der Waals surface area (Å²) < 4.78 is 4.36. The number of hydrogen-bond donors (Lipinski definition) is 1. The van der Waals surface area contributed by atoms with E-state index in [1.165, 1.54) is 5.56 Å². The van der Waals surface area contributed by atoms with Crippen LogP contribution in [-0.2, 0) is 18.4 Å². The maximum absolute atomic E-state index is 12.3. The molecule has 0 atom stereocenters. The summed E-state index contributed by atoms with van der Waals surface area (Å²) in [6, 6.07) is 13.4. The molecule has 0 fully saturated rings. The Labute approximate surface area is 153 Å². The summed E-state index contributed by atoms with van der Waals surface area (Å²) in [5.74, 6) is -0.102. The number of amides is 1. The second-order valence-corrected chi connectivity index (χ2v) is 6.91. The van der Waals surface area contributed by atoms with Crippen molar-refractivity contribution in [3.05, 3.63) is 62.1 Å². The number of halogens is 1. The van der Waals surface area contributed by atoms with Crippen molar-refractivity contribution in [2.24, 2.45) is 7.05 Å². The van der Waals surface area contributed by atoms with E-state index in [2.05, 4.69) is 27.9 Å². The third kappa shape index (κ3) is 3.24. The lowest BCUT2D eigenvalue weighted by Crippen LogP contribution is -2.24. The van der Waals surface area contributed by atoms with Gasteiger partial charge >= 0.3 is 5.69 Å². The van der Waals surface area contributed by atoms with Gasteiger partial charge in [-0.2, -0.15) is 0 Å². The van der Waals surface area contributed by atoms with E-state index in [4.69, 9.17) is 0 Å². The molecule has 0 saturated carbocycles. The Morgan fingerprint density at radius 2 is 1.88 bits per heavy atom. The van der Waals surface area contributed by atoms with E-state index < -0.39 is 0 Å². The Morgan fingerprint density at radius 1 is 1.17 bits per heavy atom. The number of rotatable bonds is 4. The van der Waals surface area contributed by atoms with E-state index in [1.54, 1.807) is 16.2 Å². The lowest BCUT2D eigenvalue weighted by Gasteiger charge is -2.07. The van der Waals surface area contributed by atoms with E-state index >= 15 is 0 Å². The van der Waals surface area contributed by atoms with E-state index in [-0.39, 0.29) is 18.0 Å². The maximum Gasteiger partial charge on any atom is 0.328 e. The molecule has 0 aliphatic carbocycles. The number of aromatic nitrogens is 2. The molecule has 2 aromatic carbocycles. The molecule has 0 bridgehead atoms. The number of aryl methyl sites for hydroxylation is 3. The number of nitrogens with one attached hydrogen (secondary N) is 1. The number of carbonyl (C=O) groups excluding carboxylic acids is 1. The van der Waals surface area contributed by atoms with E-state index in [0.717, 1.165) is 20.3 Å². The number of anilines is 1. The number of imidazole rings is 1. The summed E-state index contributed by atoms with van der Waals surface area (Å²) in [5, 5.41) is 2.89. The van der Waals surface area contributed by atoms with Gasteiger partial charge in [-0.25, -0.2) is 4.79 Å². The lowest BCUT2D eigenvalue weighted by atomic mass is 10.2. The van der Waals surface area contributed by atoms with Crippen LogP contribution >= 0.6 is 22.6 Å². The molecule has 3 rings (SSSR count). The second kappa shape index (κ2) is 6.80. The molecule has 24 heavy (non-hydrogen) atoms. The molecule has 0 unspecified atom stereocenters. The van der Waals surface area contributed by atoms with Crippen LogP contribution in [0.3, 0.4) is 0 Å². The summed E-state index contributed by atoms with van der Waals surface area (Å²) >= 11 is 2.24. The molecule has 0 spiro atoms. The Morgan fingerprint density at radius 3 is 2.58 bits per heavy atom. The fraction of sp³-hybridized carbons (Fsp3) is 0.222. The molecular weight excluding hydrogens is 417 g/mol. The van der Waals surface area contributed by atoms with Crippen LogP contribution in [0.1, 0.15) is 12.0 Å². The number of fused-ring (bicyclic) bond motifs is 1. The molecule has 0 aliphatic heterocycles. The average molecular weight is 435 g/mol. The summed E-state index contributed by atoms with van der Waals surface area (Å²) in [6.07, 6.45) is 0.248. The first kappa shape index (κ1) is 16.8. The topological polar surface area (TPSA) is 56.0 Å². The zero-order chi connectivity index (χ0) is 17.3. The lowest BCUT2D eigenvalue weighted by molar-refractivity contribution is -0.116. The minimum atomic E-state index is -0.103. The van der Waals surface area contributed by atoms with Crippen LogP contribution < -0.4 is 11.0 Å². The first-order valence-corrected chi connectivity index (χ1v) is 8.75. The van der Waals surface area contributed by atoms with Gasteiger partial charge in [-0.3, -0.25) is 13.9 Å². The van der Waals surface area contributed by atoms with Crippen LogP contribution in [0, 0.1) is 10.5 Å². The fourth-order valence-electron chi connectivity index (χ4n) is 2.69. The molecule has 1 N–H and O–H groups in total. The van der Waals surface area contributed by atoms with Gasteiger partial charge in [0.25, 0.3) is 0 Å². The van der Waals surface area contributed by atoms with Crippen molar-refractivity contribution in [2.75, 3.05) is 5.32 Å². The first-order valence-electron chi connectivity index (χ1n) is 7.67. The fourth-order valence-corrected chi connectivity index (χ4v) is 3.20. The predicted molar refractivity (Wildman–Crippen MR) is 104 cm³/mol. The number of benzene rings is 2. The quantitative estimate of drug-likeness (QED) is 0.640. The third-order valence-electron chi connectivity index (χ3n) is 4.07. The molecule has 0 radical (unpaired) electrons. The van der Waals surface area contributed by atoms with E-state index in [1.807, 2.05) is 49.4 Å². The van der Waals surface area contributed by atoms with Crippen molar-refractivity contribution < 1.29 is 4.79 Å². The summed E-state index contributed by atoms with van der Waals surface area (Å²) in [7, 11) is 1.75. The van der Waals surface area contributed by atoms with Crippen LogP contribution in [0.5, 0.6) is 0 Å². The largest absolute Gasteiger partial charge is 0.328 e. The van der Waals surface area contributed by atoms with Crippen LogP contribution in [-0.4, -0.2) is 15.0 Å². The minimum Gasteiger partial charge on any atom is -0.326 e. The van der Waals surface area contributed by atoms with Gasteiger partial charge in [0.2, 0.25) is 5.91 Å². The van der Waals surface area contributed by atoms with Gasteiger partial charge in [-0.15, -0.1) is 0 Å². The zero-order valence-corrected chi connectivity index (χ0v) is 15.7. The third-order valence-corrected chi connectivity index (χ3v) is 5.23. The highest BCUT2D eigenvalue weighted by Gasteiger charge is 2.11. The van der Waals surface area contributed by atoms with Crippen molar-refractivity contribution in [1.82, 2.24) is 9.13 Å². The van der Waals surface area contributed by atoms with Crippen LogP contribution in [0.25, 0.3) is 11.0 Å². The summed E-state index contributed by atoms with van der Waals surface area (Å²) in [6.45, 7) is 2.38. The van der Waals surface area contributed by atoms with Crippen molar-refractivity contribution in [3.8, 4) is 0 Å². The van der Waals surface area contributed by atoms with Crippen molar-refractivity contribution in [1.29, 1.82) is 0 Å². The Kier molecular flexibility index (Phi) is 4.75. The Hall–Kier alpha value is -2.09. The Balaban J connectivity index is 1.74. The number of para-hydroxylation sites is 2. The van der Waals surface area contributed by atoms with Crippen molar-refractivity contribution in [3.63, 3.8) is 0 Å². The van der Waals surface area contributed by atoms with Crippen LogP contribution in [0.15, 0.2) is 47.3 Å². The van der Waals surface area contributed by atoms with Crippen molar-refractivity contribution >= 4 is 45.2 Å². The molecule has 124 valence electrons. The molecule has 6 heteroatoms. The van der Waals surface area contributed by atoms with Gasteiger partial charge in [0, 0.05) is 29.3 Å². The number of nitrogens with zero attached hydrogens (tertiary/aromatic N) is 2. The van der Waals surface area contributed by atoms with Gasteiger partial charge < -0.3 is 5.32 Å². The van der Waals surface area contributed by atoms with Crippen LogP contribution in [0.2, 0.25) is 0 Å². The molecule has 5 nitrogen and oxygen atoms in total. The minimum absolute atomic E-state index is 0.102. The predicted octanol–water partition coefficient (Wildman–Crippen LogP) is 3.28. The monoisotopic (exact) mass is 435 g/mol. The first-order chi connectivity index (χ1) is 11.5. The number of hydrogen-bond acceptors (Lipinski definition) is 2. The smallest absolute Gasteiger partial charge is 0.326 e. The van der Waals surface area contributed by atoms with Gasteiger partial charge in [-0.05, 0) is 59.3 Å². The summed E-state index contributed by atoms with van der Waals surface area (Å²) in [4.78, 5) is 24.5. The number of carbonyl (C=O) groups is 1. The molecule has 1 heterocycles. The zero-order valence-electron chi connectivity index (χ0n) is 13.5. The molecular formula is C18H18IN3O2. The molecule has 0 aliphatic rings. The Bertz CT molecular complexity index is 972. The van der Waals surface area contributed by atoms with Gasteiger partial charge in [-0.1, -0.05) is 18.2 Å². The van der Waals surface area contributed by atoms with Crippen LogP contribution in [0.4, 0.5) is 5.69 Å². The highest BCUT2D eigenvalue weighted by atomic mass is 127. The molecule has 1 amide bonds. The van der Waals surface area contributed by atoms with E-state index in [9.17, 15) is 9.59 Å². The molecule has 1 aromatic heterocycles. The van der Waals surface area contributed by atoms with E-state index in [0.29, 0.717) is 6.54 Å². The molecule has 0 saturated heterocycles. The average Bonchev–Trinajstić information content (AvgIpc) is 2.81. The van der Waals surface area contributed by atoms with Crippen molar-refractivity contribution in [2.45, 2.75) is 19.9 Å². The van der Waals surface area contributed by atoms with Gasteiger partial charge in [0.1, 0.15) is 0 Å². The summed E-state index contributed by atoms with van der Waals surface area (Å²) in [5.41, 5.74) is 3.57. The van der Waals surface area contributed by atoms with Gasteiger partial charge in [0.15, 0.2) is 0 Å². The highest BCUT2D eigenvalue weighted by molar-refractivity contribution is 14.1. The second-order valence-electron chi connectivity index (χ2n) is 5.74. The normalized spacial score (nSPS) is 11.0. The molecule has 3 aromatic rings. The maximum atomic E-state index is 12.3. The standard InChI is InChI=1S/C18H18IN3O2/c1-12-7-8-13(11-14(12)19)20-17(23)9-10-22-16-6-4-3-5-15(16)21(2)18(22)24/h3-8,11H,9-10H2,1-2H3,(H,20,23). The SMILES string of the molecule is Cc1ccc(NC(=O)CCn2c(=O)n(C)c3ccccc32)cc1I.